The summed E-state index contributed by atoms with van der Waals surface area (Å²) in [7, 11) is 0. The Labute approximate surface area is 73.5 Å². The Kier molecular flexibility index (Phi) is 5.74. The van der Waals surface area contributed by atoms with Crippen LogP contribution in [0.4, 0.5) is 0 Å². The SMILES string of the molecule is C=CCC(C)(C)C(=O)[O-].[Li+]. The van der Waals surface area contributed by atoms with Gasteiger partial charge in [0.05, 0.1) is 0 Å². The minimum atomic E-state index is -1.03. The van der Waals surface area contributed by atoms with Gasteiger partial charge in [-0.25, -0.2) is 0 Å². The van der Waals surface area contributed by atoms with E-state index >= 15 is 0 Å². The molecule has 0 aliphatic heterocycles. The summed E-state index contributed by atoms with van der Waals surface area (Å²) in [6, 6.07) is 0. The monoisotopic (exact) mass is 134 g/mol. The zero-order valence-electron chi connectivity index (χ0n) is 6.81. The van der Waals surface area contributed by atoms with Crippen LogP contribution in [0.3, 0.4) is 0 Å². The number of aliphatic carboxylic acids is 1. The van der Waals surface area contributed by atoms with E-state index in [1.807, 2.05) is 0 Å². The van der Waals surface area contributed by atoms with Crippen LogP contribution < -0.4 is 24.0 Å². The van der Waals surface area contributed by atoms with E-state index in [0.717, 1.165) is 0 Å². The van der Waals surface area contributed by atoms with E-state index in [1.165, 1.54) is 0 Å². The van der Waals surface area contributed by atoms with Crippen LogP contribution in [0.1, 0.15) is 20.3 Å². The molecule has 0 spiro atoms. The second-order valence-corrected chi connectivity index (χ2v) is 2.66. The molecule has 0 rings (SSSR count). The Bertz CT molecular complexity index is 130. The number of hydrogen-bond acceptors (Lipinski definition) is 2. The Morgan fingerprint density at radius 2 is 2.10 bits per heavy atom. The minimum absolute atomic E-state index is 0. The third kappa shape index (κ3) is 3.76. The van der Waals surface area contributed by atoms with Crippen LogP contribution in [-0.2, 0) is 4.79 Å². The first kappa shape index (κ1) is 12.5. The molecule has 0 aromatic carbocycles. The van der Waals surface area contributed by atoms with Gasteiger partial charge in [0.15, 0.2) is 0 Å². The van der Waals surface area contributed by atoms with Gasteiger partial charge in [0, 0.05) is 11.4 Å². The van der Waals surface area contributed by atoms with Gasteiger partial charge in [-0.15, -0.1) is 6.58 Å². The van der Waals surface area contributed by atoms with Crippen molar-refractivity contribution in [2.45, 2.75) is 20.3 Å². The fraction of sp³-hybridized carbons (Fsp3) is 0.571. The van der Waals surface area contributed by atoms with Crippen molar-refractivity contribution in [2.24, 2.45) is 5.41 Å². The standard InChI is InChI=1S/C7H12O2.Li/c1-4-5-7(2,3)6(8)9;/h4H,1,5H2,2-3H3,(H,8,9);/q;+1/p-1. The summed E-state index contributed by atoms with van der Waals surface area (Å²) in [6.45, 7) is 6.67. The summed E-state index contributed by atoms with van der Waals surface area (Å²) in [6.07, 6.45) is 2.03. The maximum absolute atomic E-state index is 10.3. The number of allylic oxidation sites excluding steroid dienone is 1. The number of carbonyl (C=O) groups excluding carboxylic acids is 1. The first-order chi connectivity index (χ1) is 4.00. The Morgan fingerprint density at radius 3 is 2.20 bits per heavy atom. The minimum Gasteiger partial charge on any atom is -0.550 e. The summed E-state index contributed by atoms with van der Waals surface area (Å²) < 4.78 is 0. The second kappa shape index (κ2) is 4.60. The van der Waals surface area contributed by atoms with Gasteiger partial charge in [-0.1, -0.05) is 19.9 Å². The van der Waals surface area contributed by atoms with Crippen LogP contribution in [0.15, 0.2) is 12.7 Å². The van der Waals surface area contributed by atoms with Crippen LogP contribution >= 0.6 is 0 Å². The third-order valence-electron chi connectivity index (χ3n) is 1.21. The molecule has 10 heavy (non-hydrogen) atoms. The molecule has 3 heteroatoms. The second-order valence-electron chi connectivity index (χ2n) is 2.66. The van der Waals surface area contributed by atoms with E-state index in [-0.39, 0.29) is 18.9 Å². The molecule has 0 aliphatic carbocycles. The van der Waals surface area contributed by atoms with E-state index < -0.39 is 11.4 Å². The summed E-state index contributed by atoms with van der Waals surface area (Å²) >= 11 is 0. The summed E-state index contributed by atoms with van der Waals surface area (Å²) in [5.74, 6) is -1.03. The van der Waals surface area contributed by atoms with E-state index in [0.29, 0.717) is 6.42 Å². The van der Waals surface area contributed by atoms with Gasteiger partial charge in [0.25, 0.3) is 0 Å². The average molecular weight is 134 g/mol. The van der Waals surface area contributed by atoms with Gasteiger partial charge in [-0.3, -0.25) is 0 Å². The summed E-state index contributed by atoms with van der Waals surface area (Å²) in [4.78, 5) is 10.3. The zero-order chi connectivity index (χ0) is 7.49. The van der Waals surface area contributed by atoms with Gasteiger partial charge < -0.3 is 9.90 Å². The molecule has 0 N–H and O–H groups in total. The molecular formula is C7H11LiO2. The first-order valence-corrected chi connectivity index (χ1v) is 2.83. The van der Waals surface area contributed by atoms with Crippen molar-refractivity contribution in [2.75, 3.05) is 0 Å². The molecular weight excluding hydrogens is 123 g/mol. The van der Waals surface area contributed by atoms with Crippen molar-refractivity contribution in [3.05, 3.63) is 12.7 Å². The van der Waals surface area contributed by atoms with Crippen LogP contribution in [-0.4, -0.2) is 5.97 Å². The predicted molar refractivity (Wildman–Crippen MR) is 33.6 cm³/mol. The quantitative estimate of drug-likeness (QED) is 0.312. The molecule has 0 fully saturated rings. The largest absolute Gasteiger partial charge is 1.00 e. The number of rotatable bonds is 3. The first-order valence-electron chi connectivity index (χ1n) is 2.83. The molecule has 0 atom stereocenters. The van der Waals surface area contributed by atoms with Gasteiger partial charge in [0.1, 0.15) is 0 Å². The molecule has 0 unspecified atom stereocenters. The normalized spacial score (nSPS) is 9.80. The van der Waals surface area contributed by atoms with Gasteiger partial charge >= 0.3 is 18.9 Å². The van der Waals surface area contributed by atoms with Gasteiger partial charge in [0.2, 0.25) is 0 Å². The molecule has 52 valence electrons. The number of carboxylic acids is 1. The fourth-order valence-electron chi connectivity index (χ4n) is 0.444. The van der Waals surface area contributed by atoms with Crippen LogP contribution in [0.5, 0.6) is 0 Å². The van der Waals surface area contributed by atoms with Crippen LogP contribution in [0, 0.1) is 5.41 Å². The number of hydrogen-bond donors (Lipinski definition) is 0. The maximum atomic E-state index is 10.3. The van der Waals surface area contributed by atoms with Gasteiger partial charge in [-0.05, 0) is 6.42 Å². The van der Waals surface area contributed by atoms with Crippen molar-refractivity contribution in [3.8, 4) is 0 Å². The van der Waals surface area contributed by atoms with Crippen molar-refractivity contribution < 1.29 is 28.8 Å². The molecule has 2 nitrogen and oxygen atoms in total. The fourth-order valence-corrected chi connectivity index (χ4v) is 0.444. The van der Waals surface area contributed by atoms with E-state index in [2.05, 4.69) is 6.58 Å². The zero-order valence-corrected chi connectivity index (χ0v) is 6.81. The number of carbonyl (C=O) groups is 1. The number of carboxylic acid groups (broad SMARTS) is 1. The Hall–Kier alpha value is -0.193. The van der Waals surface area contributed by atoms with Gasteiger partial charge in [-0.2, -0.15) is 0 Å². The third-order valence-corrected chi connectivity index (χ3v) is 1.21. The molecule has 0 aromatic rings. The van der Waals surface area contributed by atoms with Crippen molar-refractivity contribution >= 4 is 5.97 Å². The summed E-state index contributed by atoms with van der Waals surface area (Å²) in [5, 5.41) is 10.3. The predicted octanol–water partition coefficient (Wildman–Crippen LogP) is -2.66. The van der Waals surface area contributed by atoms with E-state index in [9.17, 15) is 9.90 Å². The summed E-state index contributed by atoms with van der Waals surface area (Å²) in [5.41, 5.74) is -0.762. The molecule has 0 radical (unpaired) electrons. The Balaban J connectivity index is 0. The molecule has 0 aromatic heterocycles. The van der Waals surface area contributed by atoms with Crippen LogP contribution in [0.2, 0.25) is 0 Å². The molecule has 0 heterocycles. The molecule has 0 saturated heterocycles. The average Bonchev–Trinajstić information content (AvgIpc) is 1.65. The molecule has 0 aliphatic rings. The van der Waals surface area contributed by atoms with E-state index in [4.69, 9.17) is 0 Å². The molecule has 0 bridgehead atoms. The van der Waals surface area contributed by atoms with Crippen molar-refractivity contribution in [1.82, 2.24) is 0 Å². The molecule has 0 amide bonds. The van der Waals surface area contributed by atoms with Crippen molar-refractivity contribution in [3.63, 3.8) is 0 Å². The smallest absolute Gasteiger partial charge is 0.550 e. The van der Waals surface area contributed by atoms with Crippen molar-refractivity contribution in [1.29, 1.82) is 0 Å². The van der Waals surface area contributed by atoms with Crippen LogP contribution in [0.25, 0.3) is 0 Å². The topological polar surface area (TPSA) is 40.1 Å². The van der Waals surface area contributed by atoms with E-state index in [1.54, 1.807) is 19.9 Å². The molecule has 0 saturated carbocycles. The maximum Gasteiger partial charge on any atom is 1.00 e. The Morgan fingerprint density at radius 1 is 1.70 bits per heavy atom.